The molecule has 0 bridgehead atoms. The third kappa shape index (κ3) is 3.43. The SMILES string of the molecule is O=C1O[C@@H](Cn2nccn2)CN1c1ccc(N2C=CCSC=C2)c(F)c1. The van der Waals surface area contributed by atoms with E-state index in [1.54, 1.807) is 41.2 Å². The number of benzene rings is 1. The quantitative estimate of drug-likeness (QED) is 0.821. The van der Waals surface area contributed by atoms with Crippen molar-refractivity contribution >= 4 is 29.2 Å². The van der Waals surface area contributed by atoms with Crippen LogP contribution < -0.4 is 9.80 Å². The zero-order chi connectivity index (χ0) is 17.9. The molecule has 1 fully saturated rings. The molecule has 134 valence electrons. The monoisotopic (exact) mass is 373 g/mol. The van der Waals surface area contributed by atoms with E-state index in [1.165, 1.54) is 15.8 Å². The molecule has 2 aromatic rings. The number of halogens is 1. The zero-order valence-corrected chi connectivity index (χ0v) is 14.6. The predicted octanol–water partition coefficient (Wildman–Crippen LogP) is 2.98. The summed E-state index contributed by atoms with van der Waals surface area (Å²) in [6, 6.07) is 4.73. The molecule has 0 N–H and O–H groups in total. The fraction of sp³-hybridized carbons (Fsp3) is 0.235. The molecule has 9 heteroatoms. The van der Waals surface area contributed by atoms with E-state index in [1.807, 2.05) is 23.9 Å². The molecule has 0 saturated carbocycles. The number of ether oxygens (including phenoxy) is 1. The molecular formula is C17H16FN5O2S. The molecule has 7 nitrogen and oxygen atoms in total. The predicted molar refractivity (Wildman–Crippen MR) is 97.3 cm³/mol. The van der Waals surface area contributed by atoms with Crippen LogP contribution in [0.1, 0.15) is 0 Å². The van der Waals surface area contributed by atoms with Crippen molar-refractivity contribution in [2.45, 2.75) is 12.6 Å². The van der Waals surface area contributed by atoms with Gasteiger partial charge in [-0.3, -0.25) is 4.90 Å². The zero-order valence-electron chi connectivity index (χ0n) is 13.7. The summed E-state index contributed by atoms with van der Waals surface area (Å²) in [7, 11) is 0. The molecule has 0 aliphatic carbocycles. The average molecular weight is 373 g/mol. The van der Waals surface area contributed by atoms with E-state index in [0.717, 1.165) is 5.75 Å². The van der Waals surface area contributed by atoms with Crippen molar-refractivity contribution in [2.75, 3.05) is 22.1 Å². The van der Waals surface area contributed by atoms with Crippen LogP contribution in [-0.2, 0) is 11.3 Å². The third-order valence-electron chi connectivity index (χ3n) is 4.00. The highest BCUT2D eigenvalue weighted by molar-refractivity contribution is 8.02. The fourth-order valence-electron chi connectivity index (χ4n) is 2.81. The first-order valence-electron chi connectivity index (χ1n) is 8.06. The average Bonchev–Trinajstić information content (AvgIpc) is 3.17. The Kier molecular flexibility index (Phi) is 4.61. The van der Waals surface area contributed by atoms with Crippen LogP contribution in [0.4, 0.5) is 20.6 Å². The number of amides is 1. The lowest BCUT2D eigenvalue weighted by atomic mass is 10.2. The molecule has 1 aromatic heterocycles. The van der Waals surface area contributed by atoms with E-state index in [0.29, 0.717) is 24.5 Å². The van der Waals surface area contributed by atoms with Crippen LogP contribution in [0.2, 0.25) is 0 Å². The molecule has 2 aliphatic heterocycles. The van der Waals surface area contributed by atoms with Crippen molar-refractivity contribution < 1.29 is 13.9 Å². The molecule has 0 radical (unpaired) electrons. The highest BCUT2D eigenvalue weighted by atomic mass is 32.2. The van der Waals surface area contributed by atoms with Crippen LogP contribution in [0.15, 0.2) is 54.5 Å². The van der Waals surface area contributed by atoms with E-state index in [-0.39, 0.29) is 6.10 Å². The van der Waals surface area contributed by atoms with E-state index in [2.05, 4.69) is 10.2 Å². The van der Waals surface area contributed by atoms with Crippen LogP contribution in [0.3, 0.4) is 0 Å². The topological polar surface area (TPSA) is 63.5 Å². The van der Waals surface area contributed by atoms with Crippen molar-refractivity contribution in [3.8, 4) is 0 Å². The molecule has 1 saturated heterocycles. The van der Waals surface area contributed by atoms with Gasteiger partial charge in [0.2, 0.25) is 0 Å². The van der Waals surface area contributed by atoms with Gasteiger partial charge in [-0.15, -0.1) is 11.8 Å². The number of rotatable bonds is 4. The Bertz CT molecular complexity index is 841. The molecular weight excluding hydrogens is 357 g/mol. The van der Waals surface area contributed by atoms with Gasteiger partial charge in [0.25, 0.3) is 0 Å². The Hall–Kier alpha value is -2.81. The first kappa shape index (κ1) is 16.6. The number of cyclic esters (lactones) is 1. The van der Waals surface area contributed by atoms with E-state index in [9.17, 15) is 9.18 Å². The summed E-state index contributed by atoms with van der Waals surface area (Å²) in [5.41, 5.74) is 0.887. The van der Waals surface area contributed by atoms with E-state index < -0.39 is 11.9 Å². The Morgan fingerprint density at radius 1 is 1.27 bits per heavy atom. The van der Waals surface area contributed by atoms with Crippen LogP contribution in [-0.4, -0.2) is 39.5 Å². The van der Waals surface area contributed by atoms with Gasteiger partial charge in [-0.25, -0.2) is 9.18 Å². The van der Waals surface area contributed by atoms with Gasteiger partial charge in [0.1, 0.15) is 11.9 Å². The number of carbonyl (C=O) groups is 1. The largest absolute Gasteiger partial charge is 0.442 e. The van der Waals surface area contributed by atoms with Crippen LogP contribution in [0.5, 0.6) is 0 Å². The highest BCUT2D eigenvalue weighted by Crippen LogP contribution is 2.29. The number of aromatic nitrogens is 3. The number of carbonyl (C=O) groups excluding carboxylic acids is 1. The van der Waals surface area contributed by atoms with Crippen molar-refractivity contribution in [3.63, 3.8) is 0 Å². The van der Waals surface area contributed by atoms with Gasteiger partial charge >= 0.3 is 6.09 Å². The number of anilines is 2. The van der Waals surface area contributed by atoms with Crippen LogP contribution in [0, 0.1) is 5.82 Å². The van der Waals surface area contributed by atoms with Gasteiger partial charge in [0.15, 0.2) is 0 Å². The first-order chi connectivity index (χ1) is 12.7. The summed E-state index contributed by atoms with van der Waals surface area (Å²) >= 11 is 1.63. The summed E-state index contributed by atoms with van der Waals surface area (Å²) in [6.07, 6.45) is 7.84. The van der Waals surface area contributed by atoms with Gasteiger partial charge in [-0.1, -0.05) is 6.08 Å². The number of hydrogen-bond donors (Lipinski definition) is 0. The summed E-state index contributed by atoms with van der Waals surface area (Å²) in [4.78, 5) is 16.7. The second kappa shape index (κ2) is 7.20. The van der Waals surface area contributed by atoms with Crippen molar-refractivity contribution in [1.82, 2.24) is 15.0 Å². The number of hydrogen-bond acceptors (Lipinski definition) is 6. The molecule has 0 spiro atoms. The Labute approximate surface area is 153 Å². The molecule has 4 rings (SSSR count). The van der Waals surface area contributed by atoms with E-state index >= 15 is 0 Å². The normalized spacial score (nSPS) is 19.7. The molecule has 1 atom stereocenters. The first-order valence-corrected chi connectivity index (χ1v) is 9.10. The summed E-state index contributed by atoms with van der Waals surface area (Å²) in [5, 5.41) is 9.92. The molecule has 0 unspecified atom stereocenters. The smallest absolute Gasteiger partial charge is 0.414 e. The van der Waals surface area contributed by atoms with Gasteiger partial charge in [-0.05, 0) is 23.6 Å². The van der Waals surface area contributed by atoms with Gasteiger partial charge < -0.3 is 9.64 Å². The second-order valence-electron chi connectivity index (χ2n) is 5.75. The van der Waals surface area contributed by atoms with Crippen molar-refractivity contribution in [3.05, 3.63) is 60.3 Å². The van der Waals surface area contributed by atoms with E-state index in [4.69, 9.17) is 4.74 Å². The van der Waals surface area contributed by atoms with Gasteiger partial charge in [0, 0.05) is 18.2 Å². The van der Waals surface area contributed by atoms with Crippen molar-refractivity contribution in [1.29, 1.82) is 0 Å². The lowest BCUT2D eigenvalue weighted by molar-refractivity contribution is 0.126. The Morgan fingerprint density at radius 2 is 2.12 bits per heavy atom. The molecule has 2 aliphatic rings. The van der Waals surface area contributed by atoms with Gasteiger partial charge in [-0.2, -0.15) is 15.0 Å². The lowest BCUT2D eigenvalue weighted by Crippen LogP contribution is -2.26. The number of nitrogens with zero attached hydrogens (tertiary/aromatic N) is 5. The minimum Gasteiger partial charge on any atom is -0.442 e. The highest BCUT2D eigenvalue weighted by Gasteiger charge is 2.33. The summed E-state index contributed by atoms with van der Waals surface area (Å²) in [5.74, 6) is 0.437. The molecule has 1 aromatic carbocycles. The molecule has 3 heterocycles. The Morgan fingerprint density at radius 3 is 2.92 bits per heavy atom. The second-order valence-corrected chi connectivity index (χ2v) is 6.69. The van der Waals surface area contributed by atoms with Crippen LogP contribution in [0.25, 0.3) is 0 Å². The minimum atomic E-state index is -0.500. The molecule has 26 heavy (non-hydrogen) atoms. The van der Waals surface area contributed by atoms with Crippen LogP contribution >= 0.6 is 11.8 Å². The maximum absolute atomic E-state index is 14.6. The standard InChI is InChI=1S/C17H16FN5O2S/c18-15-10-13(2-3-16(15)21-6-1-8-26-9-7-21)22-11-14(25-17(22)24)12-23-19-4-5-20-23/h1-7,9-10,14H,8,11-12H2/t14-/m1/s1. The lowest BCUT2D eigenvalue weighted by Gasteiger charge is -2.18. The summed E-state index contributed by atoms with van der Waals surface area (Å²) < 4.78 is 20.0. The number of thioether (sulfide) groups is 1. The molecule has 1 amide bonds. The third-order valence-corrected chi connectivity index (χ3v) is 4.70. The Balaban J connectivity index is 1.51. The fourth-order valence-corrected chi connectivity index (χ4v) is 3.33. The van der Waals surface area contributed by atoms with Crippen molar-refractivity contribution in [2.24, 2.45) is 0 Å². The van der Waals surface area contributed by atoms with Gasteiger partial charge in [0.05, 0.1) is 36.9 Å². The minimum absolute atomic E-state index is 0.319. The summed E-state index contributed by atoms with van der Waals surface area (Å²) in [6.45, 7) is 0.677. The maximum atomic E-state index is 14.6. The maximum Gasteiger partial charge on any atom is 0.414 e.